The van der Waals surface area contributed by atoms with Crippen LogP contribution in [0.15, 0.2) is 36.4 Å². The standard InChI is InChI=1S/C14H11F3O/c1-9-5-6-11(15)13(7-9)18-8-10-3-2-4-12(16)14(10)17/h2-7H,8H2,1H3. The summed E-state index contributed by atoms with van der Waals surface area (Å²) < 4.78 is 44.8. The topological polar surface area (TPSA) is 9.23 Å². The highest BCUT2D eigenvalue weighted by atomic mass is 19.2. The molecule has 0 bridgehead atoms. The molecular weight excluding hydrogens is 241 g/mol. The van der Waals surface area contributed by atoms with Crippen LogP contribution < -0.4 is 4.74 Å². The van der Waals surface area contributed by atoms with Crippen LogP contribution in [-0.4, -0.2) is 0 Å². The normalized spacial score (nSPS) is 10.4. The fourth-order valence-corrected chi connectivity index (χ4v) is 1.54. The molecule has 0 saturated heterocycles. The van der Waals surface area contributed by atoms with E-state index in [0.29, 0.717) is 0 Å². The largest absolute Gasteiger partial charge is 0.486 e. The Balaban J connectivity index is 2.16. The Hall–Kier alpha value is -1.97. The van der Waals surface area contributed by atoms with Gasteiger partial charge in [-0.1, -0.05) is 18.2 Å². The highest BCUT2D eigenvalue weighted by Crippen LogP contribution is 2.20. The van der Waals surface area contributed by atoms with Gasteiger partial charge in [0.25, 0.3) is 0 Å². The van der Waals surface area contributed by atoms with Crippen molar-refractivity contribution in [1.29, 1.82) is 0 Å². The van der Waals surface area contributed by atoms with Crippen LogP contribution in [0.5, 0.6) is 5.75 Å². The third kappa shape index (κ3) is 2.64. The maximum Gasteiger partial charge on any atom is 0.165 e. The van der Waals surface area contributed by atoms with E-state index in [1.165, 1.54) is 24.3 Å². The van der Waals surface area contributed by atoms with E-state index in [2.05, 4.69) is 0 Å². The van der Waals surface area contributed by atoms with E-state index in [9.17, 15) is 13.2 Å². The van der Waals surface area contributed by atoms with E-state index in [-0.39, 0.29) is 17.9 Å². The van der Waals surface area contributed by atoms with Crippen molar-refractivity contribution in [1.82, 2.24) is 0 Å². The van der Waals surface area contributed by atoms with Gasteiger partial charge in [-0.05, 0) is 30.7 Å². The van der Waals surface area contributed by atoms with Crippen molar-refractivity contribution in [3.63, 3.8) is 0 Å². The first-order valence-electron chi connectivity index (χ1n) is 5.40. The molecule has 0 N–H and O–H groups in total. The first kappa shape index (κ1) is 12.5. The van der Waals surface area contributed by atoms with Crippen molar-refractivity contribution in [2.45, 2.75) is 13.5 Å². The van der Waals surface area contributed by atoms with E-state index in [1.54, 1.807) is 13.0 Å². The zero-order chi connectivity index (χ0) is 13.1. The summed E-state index contributed by atoms with van der Waals surface area (Å²) in [5.41, 5.74) is 0.877. The van der Waals surface area contributed by atoms with Crippen molar-refractivity contribution >= 4 is 0 Å². The Morgan fingerprint density at radius 2 is 1.78 bits per heavy atom. The Kier molecular flexibility index (Phi) is 3.55. The van der Waals surface area contributed by atoms with Crippen LogP contribution in [0.1, 0.15) is 11.1 Å². The highest BCUT2D eigenvalue weighted by Gasteiger charge is 2.09. The maximum atomic E-state index is 13.4. The first-order chi connectivity index (χ1) is 8.58. The Morgan fingerprint density at radius 1 is 1.00 bits per heavy atom. The third-order valence-corrected chi connectivity index (χ3v) is 2.50. The predicted octanol–water partition coefficient (Wildman–Crippen LogP) is 3.99. The number of halogens is 3. The average molecular weight is 252 g/mol. The quantitative estimate of drug-likeness (QED) is 0.802. The molecule has 0 atom stereocenters. The number of hydrogen-bond acceptors (Lipinski definition) is 1. The lowest BCUT2D eigenvalue weighted by Crippen LogP contribution is -2.01. The number of rotatable bonds is 3. The van der Waals surface area contributed by atoms with Crippen LogP contribution in [-0.2, 0) is 6.61 Å². The molecule has 0 aliphatic rings. The van der Waals surface area contributed by atoms with Gasteiger partial charge in [-0.3, -0.25) is 0 Å². The molecule has 0 radical (unpaired) electrons. The van der Waals surface area contributed by atoms with Gasteiger partial charge < -0.3 is 4.74 Å². The van der Waals surface area contributed by atoms with Crippen LogP contribution in [0.3, 0.4) is 0 Å². The zero-order valence-corrected chi connectivity index (χ0v) is 9.71. The molecule has 0 aromatic heterocycles. The van der Waals surface area contributed by atoms with Gasteiger partial charge in [0.1, 0.15) is 6.61 Å². The molecule has 0 unspecified atom stereocenters. The minimum absolute atomic E-state index is 0.0265. The van der Waals surface area contributed by atoms with Gasteiger partial charge >= 0.3 is 0 Å². The molecule has 0 aliphatic carbocycles. The molecule has 2 aromatic carbocycles. The lowest BCUT2D eigenvalue weighted by atomic mass is 10.2. The number of benzene rings is 2. The van der Waals surface area contributed by atoms with Crippen LogP contribution in [0, 0.1) is 24.4 Å². The van der Waals surface area contributed by atoms with Gasteiger partial charge in [-0.15, -0.1) is 0 Å². The third-order valence-electron chi connectivity index (χ3n) is 2.50. The van der Waals surface area contributed by atoms with Crippen molar-refractivity contribution < 1.29 is 17.9 Å². The second kappa shape index (κ2) is 5.12. The van der Waals surface area contributed by atoms with Crippen molar-refractivity contribution in [3.05, 3.63) is 65.0 Å². The molecule has 2 aromatic rings. The van der Waals surface area contributed by atoms with Gasteiger partial charge in [-0.2, -0.15) is 0 Å². The summed E-state index contributed by atoms with van der Waals surface area (Å²) in [4.78, 5) is 0. The molecule has 18 heavy (non-hydrogen) atoms. The minimum atomic E-state index is -0.967. The summed E-state index contributed by atoms with van der Waals surface area (Å²) in [5, 5.41) is 0. The molecule has 0 saturated carbocycles. The number of aryl methyl sites for hydroxylation is 1. The molecule has 0 fully saturated rings. The van der Waals surface area contributed by atoms with Crippen molar-refractivity contribution in [3.8, 4) is 5.75 Å². The van der Waals surface area contributed by atoms with Crippen molar-refractivity contribution in [2.24, 2.45) is 0 Å². The zero-order valence-electron chi connectivity index (χ0n) is 9.71. The van der Waals surface area contributed by atoms with E-state index in [1.807, 2.05) is 0 Å². The van der Waals surface area contributed by atoms with E-state index < -0.39 is 17.5 Å². The van der Waals surface area contributed by atoms with E-state index >= 15 is 0 Å². The summed E-state index contributed by atoms with van der Waals surface area (Å²) in [5.74, 6) is -2.41. The Bertz CT molecular complexity index is 565. The first-order valence-corrected chi connectivity index (χ1v) is 5.40. The average Bonchev–Trinajstić information content (AvgIpc) is 2.35. The summed E-state index contributed by atoms with van der Waals surface area (Å²) in [6.07, 6.45) is 0. The molecule has 0 spiro atoms. The van der Waals surface area contributed by atoms with Gasteiger partial charge in [0.2, 0.25) is 0 Å². The predicted molar refractivity (Wildman–Crippen MR) is 61.8 cm³/mol. The molecule has 0 amide bonds. The van der Waals surface area contributed by atoms with Crippen LogP contribution in [0.2, 0.25) is 0 Å². The fourth-order valence-electron chi connectivity index (χ4n) is 1.54. The van der Waals surface area contributed by atoms with Gasteiger partial charge in [0.05, 0.1) is 0 Å². The minimum Gasteiger partial charge on any atom is -0.486 e. The lowest BCUT2D eigenvalue weighted by molar-refractivity contribution is 0.282. The second-order valence-corrected chi connectivity index (χ2v) is 3.94. The molecule has 1 nitrogen and oxygen atoms in total. The van der Waals surface area contributed by atoms with Crippen molar-refractivity contribution in [2.75, 3.05) is 0 Å². The van der Waals surface area contributed by atoms with Gasteiger partial charge in [0, 0.05) is 5.56 Å². The summed E-state index contributed by atoms with van der Waals surface area (Å²) in [6.45, 7) is 1.57. The summed E-state index contributed by atoms with van der Waals surface area (Å²) in [7, 11) is 0. The smallest absolute Gasteiger partial charge is 0.165 e. The number of ether oxygens (including phenoxy) is 1. The summed E-state index contributed by atoms with van der Waals surface area (Å²) >= 11 is 0. The second-order valence-electron chi connectivity index (χ2n) is 3.94. The Morgan fingerprint density at radius 3 is 2.56 bits per heavy atom. The Labute approximate surface area is 103 Å². The molecule has 4 heteroatoms. The molecular formula is C14H11F3O. The van der Waals surface area contributed by atoms with Crippen LogP contribution in [0.25, 0.3) is 0 Å². The SMILES string of the molecule is Cc1ccc(F)c(OCc2cccc(F)c2F)c1. The molecule has 94 valence electrons. The monoisotopic (exact) mass is 252 g/mol. The highest BCUT2D eigenvalue weighted by molar-refractivity contribution is 5.30. The maximum absolute atomic E-state index is 13.4. The molecule has 2 rings (SSSR count). The van der Waals surface area contributed by atoms with Crippen LogP contribution >= 0.6 is 0 Å². The van der Waals surface area contributed by atoms with Crippen LogP contribution in [0.4, 0.5) is 13.2 Å². The summed E-state index contributed by atoms with van der Waals surface area (Å²) in [6, 6.07) is 8.17. The van der Waals surface area contributed by atoms with Gasteiger partial charge in [0.15, 0.2) is 23.2 Å². The lowest BCUT2D eigenvalue weighted by Gasteiger charge is -2.09. The van der Waals surface area contributed by atoms with E-state index in [4.69, 9.17) is 4.74 Å². The fraction of sp³-hybridized carbons (Fsp3) is 0.143. The number of hydrogen-bond donors (Lipinski definition) is 0. The van der Waals surface area contributed by atoms with E-state index in [0.717, 1.165) is 11.6 Å². The molecule has 0 aliphatic heterocycles. The molecule has 0 heterocycles. The van der Waals surface area contributed by atoms with Gasteiger partial charge in [-0.25, -0.2) is 13.2 Å².